The van der Waals surface area contributed by atoms with Crippen LogP contribution in [-0.4, -0.2) is 19.5 Å². The van der Waals surface area contributed by atoms with E-state index in [2.05, 4.69) is 182 Å². The zero-order chi connectivity index (χ0) is 39.0. The molecule has 0 atom stereocenters. The molecule has 13 rings (SSSR count). The molecule has 3 heterocycles. The van der Waals surface area contributed by atoms with E-state index < -0.39 is 0 Å². The number of aromatic nitrogens is 4. The summed E-state index contributed by atoms with van der Waals surface area (Å²) in [5, 5.41) is 10.1. The van der Waals surface area contributed by atoms with E-state index in [1.165, 1.54) is 82.2 Å². The molecule has 0 bridgehead atoms. The summed E-state index contributed by atoms with van der Waals surface area (Å²) in [7, 11) is 0. The minimum Gasteiger partial charge on any atom is -0.278 e. The highest BCUT2D eigenvalue weighted by atomic mass is 15.2. The maximum atomic E-state index is 5.58. The fourth-order valence-electron chi connectivity index (χ4n) is 10.9. The van der Waals surface area contributed by atoms with Crippen LogP contribution in [0.15, 0.2) is 176 Å². The number of benzene rings is 8. The van der Waals surface area contributed by atoms with Crippen LogP contribution in [0.25, 0.3) is 93.6 Å². The van der Waals surface area contributed by atoms with Gasteiger partial charge in [0.2, 0.25) is 5.95 Å². The molecule has 2 aliphatic carbocycles. The Morgan fingerprint density at radius 2 is 1.14 bits per heavy atom. The number of nitrogens with zero attached hydrogens (tertiary/aromatic N) is 4. The molecule has 0 saturated carbocycles. The monoisotopic (exact) mass is 752 g/mol. The fourth-order valence-corrected chi connectivity index (χ4v) is 10.9. The molecule has 0 fully saturated rings. The lowest BCUT2D eigenvalue weighted by atomic mass is 9.78. The van der Waals surface area contributed by atoms with Crippen LogP contribution < -0.4 is 0 Å². The lowest BCUT2D eigenvalue weighted by molar-refractivity contribution is 0.667. The number of hydrogen-bond acceptors (Lipinski definition) is 3. The topological polar surface area (TPSA) is 43.6 Å². The predicted molar refractivity (Wildman–Crippen MR) is 243 cm³/mol. The third kappa shape index (κ3) is 4.35. The van der Waals surface area contributed by atoms with E-state index in [-0.39, 0.29) is 11.3 Å². The second kappa shape index (κ2) is 11.8. The summed E-state index contributed by atoms with van der Waals surface area (Å²) in [6, 6.07) is 59.6. The summed E-state index contributed by atoms with van der Waals surface area (Å²) in [5.74, 6) is 0.625. The zero-order valence-corrected chi connectivity index (χ0v) is 32.6. The van der Waals surface area contributed by atoms with Crippen molar-refractivity contribution in [2.45, 2.75) is 25.2 Å². The fraction of sp³-hybridized carbons (Fsp3) is 0.0727. The molecule has 0 unspecified atom stereocenters. The van der Waals surface area contributed by atoms with E-state index in [1.807, 2.05) is 12.4 Å². The van der Waals surface area contributed by atoms with Gasteiger partial charge in [0.05, 0.1) is 28.3 Å². The molecule has 4 nitrogen and oxygen atoms in total. The highest BCUT2D eigenvalue weighted by Gasteiger charge is 2.40. The van der Waals surface area contributed by atoms with Crippen LogP contribution in [0.5, 0.6) is 0 Å². The maximum Gasteiger partial charge on any atom is 0.235 e. The van der Waals surface area contributed by atoms with Crippen molar-refractivity contribution in [1.29, 1.82) is 0 Å². The second-order valence-electron chi connectivity index (χ2n) is 16.7. The van der Waals surface area contributed by atoms with Crippen LogP contribution in [0.4, 0.5) is 0 Å². The standard InChI is InChI=1S/C55H36N4/c1-55(2)44-26-27-48-52(51(44)42-25-24-41-35-18-7-6-16-33(35)34-17-10-13-23-40(34)50(41)53(42)55)43-31-56-29-28-47(43)59(48)54-57-45(32-14-4-3-5-15-32)30-46(58-54)49-38-21-11-8-19-36(38)37-20-9-12-22-39(37)49/h3-31,49H,1-2H3. The van der Waals surface area contributed by atoms with Crippen molar-refractivity contribution in [3.05, 3.63) is 204 Å². The van der Waals surface area contributed by atoms with Gasteiger partial charge in [-0.3, -0.25) is 9.55 Å². The van der Waals surface area contributed by atoms with Gasteiger partial charge in [-0.05, 0) is 95.0 Å². The number of hydrogen-bond donors (Lipinski definition) is 0. The first-order chi connectivity index (χ1) is 29.1. The summed E-state index contributed by atoms with van der Waals surface area (Å²) in [6.07, 6.45) is 3.93. The number of rotatable bonds is 3. The van der Waals surface area contributed by atoms with Gasteiger partial charge in [0.15, 0.2) is 0 Å². The molecule has 0 spiro atoms. The average Bonchev–Trinajstić information content (AvgIpc) is 3.89. The van der Waals surface area contributed by atoms with Crippen LogP contribution in [0.3, 0.4) is 0 Å². The van der Waals surface area contributed by atoms with Crippen LogP contribution >= 0.6 is 0 Å². The van der Waals surface area contributed by atoms with Gasteiger partial charge in [0.1, 0.15) is 0 Å². The molecular weight excluding hydrogens is 717 g/mol. The molecule has 3 aromatic heterocycles. The first-order valence-electron chi connectivity index (χ1n) is 20.5. The second-order valence-corrected chi connectivity index (χ2v) is 16.7. The van der Waals surface area contributed by atoms with E-state index in [9.17, 15) is 0 Å². The largest absolute Gasteiger partial charge is 0.278 e. The molecule has 11 aromatic rings. The maximum absolute atomic E-state index is 5.58. The van der Waals surface area contributed by atoms with Gasteiger partial charge < -0.3 is 0 Å². The number of fused-ring (bicyclic) bond motifs is 17. The molecule has 0 saturated heterocycles. The minimum atomic E-state index is -0.264. The quantitative estimate of drug-likeness (QED) is 0.169. The Morgan fingerprint density at radius 1 is 0.508 bits per heavy atom. The predicted octanol–water partition coefficient (Wildman–Crippen LogP) is 13.6. The summed E-state index contributed by atoms with van der Waals surface area (Å²) in [6.45, 7) is 4.81. The molecule has 0 amide bonds. The van der Waals surface area contributed by atoms with Gasteiger partial charge in [-0.15, -0.1) is 0 Å². The Labute approximate surface area is 341 Å². The molecular formula is C55H36N4. The Morgan fingerprint density at radius 3 is 1.86 bits per heavy atom. The lowest BCUT2D eigenvalue weighted by Gasteiger charge is -2.24. The van der Waals surface area contributed by atoms with E-state index >= 15 is 0 Å². The molecule has 0 aliphatic heterocycles. The molecule has 4 heteroatoms. The Balaban J connectivity index is 1.12. The van der Waals surface area contributed by atoms with Gasteiger partial charge in [-0.25, -0.2) is 9.97 Å². The van der Waals surface area contributed by atoms with E-state index in [0.29, 0.717) is 5.95 Å². The molecule has 59 heavy (non-hydrogen) atoms. The first-order valence-corrected chi connectivity index (χ1v) is 20.5. The Kier molecular flexibility index (Phi) is 6.53. The highest BCUT2D eigenvalue weighted by molar-refractivity contribution is 6.28. The molecule has 0 radical (unpaired) electrons. The van der Waals surface area contributed by atoms with E-state index in [4.69, 9.17) is 15.0 Å². The zero-order valence-electron chi connectivity index (χ0n) is 32.6. The van der Waals surface area contributed by atoms with Crippen LogP contribution in [0.2, 0.25) is 0 Å². The Hall–Kier alpha value is -7.43. The molecule has 2 aliphatic rings. The van der Waals surface area contributed by atoms with Gasteiger partial charge in [0, 0.05) is 34.1 Å². The SMILES string of the molecule is CC1(C)c2ccc3c(c2-c2ccc4c5ccccc5c5ccccc5c4c21)c1cnccc1n3-c1nc(-c2ccccc2)cc(C2c3ccccc3-c3ccccc32)n1. The van der Waals surface area contributed by atoms with Crippen molar-refractivity contribution >= 4 is 54.1 Å². The highest BCUT2D eigenvalue weighted by Crippen LogP contribution is 2.57. The summed E-state index contributed by atoms with van der Waals surface area (Å²) in [4.78, 5) is 15.8. The Bertz CT molecular complexity index is 3510. The van der Waals surface area contributed by atoms with Gasteiger partial charge in [0.25, 0.3) is 0 Å². The van der Waals surface area contributed by atoms with Crippen LogP contribution in [0, 0.1) is 0 Å². The van der Waals surface area contributed by atoms with Crippen molar-refractivity contribution in [2.75, 3.05) is 0 Å². The summed E-state index contributed by atoms with van der Waals surface area (Å²) < 4.78 is 2.28. The smallest absolute Gasteiger partial charge is 0.235 e. The first kappa shape index (κ1) is 32.6. The normalized spacial score (nSPS) is 14.0. The molecule has 276 valence electrons. The van der Waals surface area contributed by atoms with E-state index in [1.54, 1.807) is 0 Å². The van der Waals surface area contributed by atoms with Crippen LogP contribution in [-0.2, 0) is 5.41 Å². The van der Waals surface area contributed by atoms with Crippen molar-refractivity contribution in [3.8, 4) is 39.5 Å². The lowest BCUT2D eigenvalue weighted by Crippen LogP contribution is -2.15. The average molecular weight is 753 g/mol. The van der Waals surface area contributed by atoms with Crippen LogP contribution in [0.1, 0.15) is 47.7 Å². The van der Waals surface area contributed by atoms with E-state index in [0.717, 1.165) is 33.4 Å². The van der Waals surface area contributed by atoms with Gasteiger partial charge >= 0.3 is 0 Å². The van der Waals surface area contributed by atoms with Crippen molar-refractivity contribution in [3.63, 3.8) is 0 Å². The van der Waals surface area contributed by atoms with Gasteiger partial charge in [-0.1, -0.05) is 159 Å². The molecule has 0 N–H and O–H groups in total. The van der Waals surface area contributed by atoms with Gasteiger partial charge in [-0.2, -0.15) is 0 Å². The summed E-state index contributed by atoms with van der Waals surface area (Å²) >= 11 is 0. The minimum absolute atomic E-state index is 0.0301. The molecule has 8 aromatic carbocycles. The van der Waals surface area contributed by atoms with Crippen molar-refractivity contribution in [1.82, 2.24) is 19.5 Å². The van der Waals surface area contributed by atoms with Crippen molar-refractivity contribution in [2.24, 2.45) is 0 Å². The summed E-state index contributed by atoms with van der Waals surface area (Å²) in [5.41, 5.74) is 15.1. The number of pyridine rings is 1. The third-order valence-electron chi connectivity index (χ3n) is 13.3. The third-order valence-corrected chi connectivity index (χ3v) is 13.3. The van der Waals surface area contributed by atoms with Crippen molar-refractivity contribution < 1.29 is 0 Å².